The molecular formula is C26H22N2O6. The van der Waals surface area contributed by atoms with Gasteiger partial charge in [0, 0.05) is 23.9 Å². The van der Waals surface area contributed by atoms with E-state index in [-0.39, 0.29) is 28.7 Å². The molecule has 0 radical (unpaired) electrons. The van der Waals surface area contributed by atoms with Gasteiger partial charge in [0.2, 0.25) is 5.91 Å². The average Bonchev–Trinajstić information content (AvgIpc) is 3.10. The normalized spacial score (nSPS) is 17.0. The number of aliphatic hydroxyl groups excluding tert-OH is 1. The first-order chi connectivity index (χ1) is 16.3. The minimum absolute atomic E-state index is 0.0881. The molecule has 1 aliphatic heterocycles. The van der Waals surface area contributed by atoms with E-state index in [9.17, 15) is 24.6 Å². The molecular weight excluding hydrogens is 436 g/mol. The van der Waals surface area contributed by atoms with Crippen LogP contribution >= 0.6 is 0 Å². The van der Waals surface area contributed by atoms with Gasteiger partial charge in [-0.1, -0.05) is 36.4 Å². The Bertz CT molecular complexity index is 1300. The molecule has 1 unspecified atom stereocenters. The molecule has 8 heteroatoms. The molecule has 3 N–H and O–H groups in total. The van der Waals surface area contributed by atoms with E-state index in [2.05, 4.69) is 5.32 Å². The van der Waals surface area contributed by atoms with Crippen LogP contribution in [-0.2, 0) is 14.4 Å². The number of ether oxygens (including phenoxy) is 1. The summed E-state index contributed by atoms with van der Waals surface area (Å²) in [5.41, 5.74) is 1.67. The summed E-state index contributed by atoms with van der Waals surface area (Å²) in [5, 5.41) is 23.8. The van der Waals surface area contributed by atoms with Crippen molar-refractivity contribution in [1.82, 2.24) is 0 Å². The number of phenols is 1. The van der Waals surface area contributed by atoms with E-state index in [1.165, 1.54) is 31.1 Å². The predicted molar refractivity (Wildman–Crippen MR) is 127 cm³/mol. The number of amides is 2. The third-order valence-electron chi connectivity index (χ3n) is 5.48. The lowest BCUT2D eigenvalue weighted by Gasteiger charge is -2.26. The number of nitrogens with zero attached hydrogens (tertiary/aromatic N) is 1. The maximum absolute atomic E-state index is 13.2. The number of hydrogen-bond acceptors (Lipinski definition) is 6. The van der Waals surface area contributed by atoms with Gasteiger partial charge in [-0.15, -0.1) is 0 Å². The quantitative estimate of drug-likeness (QED) is 0.303. The number of nitrogens with one attached hydrogen (secondary N) is 1. The smallest absolute Gasteiger partial charge is 0.300 e. The van der Waals surface area contributed by atoms with Crippen LogP contribution < -0.4 is 15.0 Å². The van der Waals surface area contributed by atoms with Crippen molar-refractivity contribution in [3.8, 4) is 11.5 Å². The second kappa shape index (κ2) is 9.11. The van der Waals surface area contributed by atoms with Crippen LogP contribution in [-0.4, -0.2) is 34.9 Å². The molecule has 0 bridgehead atoms. The highest BCUT2D eigenvalue weighted by molar-refractivity contribution is 6.51. The molecule has 34 heavy (non-hydrogen) atoms. The summed E-state index contributed by atoms with van der Waals surface area (Å²) in [4.78, 5) is 39.0. The van der Waals surface area contributed by atoms with Gasteiger partial charge in [-0.2, -0.15) is 0 Å². The Morgan fingerprint density at radius 2 is 1.68 bits per heavy atom. The zero-order valence-electron chi connectivity index (χ0n) is 18.5. The van der Waals surface area contributed by atoms with Crippen molar-refractivity contribution in [1.29, 1.82) is 0 Å². The summed E-state index contributed by atoms with van der Waals surface area (Å²) in [6, 6.07) is 18.4. The molecule has 0 aliphatic carbocycles. The molecule has 3 aromatic carbocycles. The van der Waals surface area contributed by atoms with Crippen molar-refractivity contribution in [2.75, 3.05) is 17.3 Å². The largest absolute Gasteiger partial charge is 0.507 e. The molecule has 8 nitrogen and oxygen atoms in total. The van der Waals surface area contributed by atoms with Crippen LogP contribution in [0.4, 0.5) is 11.4 Å². The lowest BCUT2D eigenvalue weighted by Crippen LogP contribution is -2.29. The lowest BCUT2D eigenvalue weighted by atomic mass is 9.94. The Hall–Kier alpha value is -4.59. The minimum atomic E-state index is -0.985. The van der Waals surface area contributed by atoms with E-state index < -0.39 is 17.7 Å². The van der Waals surface area contributed by atoms with Gasteiger partial charge in [-0.25, -0.2) is 0 Å². The van der Waals surface area contributed by atoms with Crippen LogP contribution in [0.15, 0.2) is 78.4 Å². The van der Waals surface area contributed by atoms with E-state index in [0.717, 1.165) is 0 Å². The Labute approximate surface area is 195 Å². The fourth-order valence-electron chi connectivity index (χ4n) is 3.94. The highest BCUT2D eigenvalue weighted by Crippen LogP contribution is 2.44. The third-order valence-corrected chi connectivity index (χ3v) is 5.48. The van der Waals surface area contributed by atoms with E-state index in [0.29, 0.717) is 22.5 Å². The number of anilines is 2. The zero-order valence-corrected chi connectivity index (χ0v) is 18.5. The zero-order chi connectivity index (χ0) is 24.4. The number of hydrogen-bond donors (Lipinski definition) is 3. The average molecular weight is 458 g/mol. The van der Waals surface area contributed by atoms with Crippen LogP contribution in [0.25, 0.3) is 5.76 Å². The molecule has 0 aromatic heterocycles. The highest BCUT2D eigenvalue weighted by Gasteiger charge is 2.47. The summed E-state index contributed by atoms with van der Waals surface area (Å²) < 4.78 is 5.22. The molecule has 172 valence electrons. The first-order valence-electron chi connectivity index (χ1n) is 10.4. The maximum atomic E-state index is 13.2. The number of aliphatic hydroxyl groups is 1. The number of carbonyl (C=O) groups excluding carboxylic acids is 3. The number of benzene rings is 3. The van der Waals surface area contributed by atoms with Crippen LogP contribution in [0.2, 0.25) is 0 Å². The third kappa shape index (κ3) is 4.09. The van der Waals surface area contributed by atoms with Crippen molar-refractivity contribution in [3.63, 3.8) is 0 Å². The van der Waals surface area contributed by atoms with Crippen LogP contribution in [0.3, 0.4) is 0 Å². The number of Topliss-reactive ketones (excluding diaryl/α,β-unsaturated/α-hetero) is 1. The Balaban J connectivity index is 1.90. The maximum Gasteiger partial charge on any atom is 0.300 e. The number of methoxy groups -OCH3 is 1. The standard InChI is InChI=1S/C26H22N2O6/c1-15(29)27-18-9-11-19(12-10-18)28-23(17-8-13-20(30)21(14-17)34-2)22(25(32)26(28)33)24(31)16-6-4-3-5-7-16/h3-14,23,30-31H,1-2H3,(H,27,29)/b24-22+. The summed E-state index contributed by atoms with van der Waals surface area (Å²) in [6.45, 7) is 1.38. The van der Waals surface area contributed by atoms with Gasteiger partial charge in [-0.05, 0) is 42.0 Å². The van der Waals surface area contributed by atoms with Crippen molar-refractivity contribution in [3.05, 3.63) is 89.5 Å². The summed E-state index contributed by atoms with van der Waals surface area (Å²) in [5.74, 6) is -2.17. The molecule has 1 atom stereocenters. The summed E-state index contributed by atoms with van der Waals surface area (Å²) in [6.07, 6.45) is 0. The minimum Gasteiger partial charge on any atom is -0.507 e. The van der Waals surface area contributed by atoms with Gasteiger partial charge < -0.3 is 20.3 Å². The van der Waals surface area contributed by atoms with Gasteiger partial charge in [0.15, 0.2) is 11.5 Å². The highest BCUT2D eigenvalue weighted by atomic mass is 16.5. The molecule has 0 saturated carbocycles. The second-order valence-corrected chi connectivity index (χ2v) is 7.69. The van der Waals surface area contributed by atoms with Gasteiger partial charge in [0.05, 0.1) is 18.7 Å². The molecule has 1 fully saturated rings. The monoisotopic (exact) mass is 458 g/mol. The number of carbonyl (C=O) groups is 3. The van der Waals surface area contributed by atoms with E-state index >= 15 is 0 Å². The predicted octanol–water partition coefficient (Wildman–Crippen LogP) is 3.99. The van der Waals surface area contributed by atoms with Crippen LogP contribution in [0.5, 0.6) is 11.5 Å². The van der Waals surface area contributed by atoms with Crippen LogP contribution in [0.1, 0.15) is 24.1 Å². The van der Waals surface area contributed by atoms with Crippen molar-refractivity contribution in [2.24, 2.45) is 0 Å². The number of aromatic hydroxyl groups is 1. The van der Waals surface area contributed by atoms with E-state index in [1.54, 1.807) is 60.7 Å². The molecule has 1 heterocycles. The topological polar surface area (TPSA) is 116 Å². The van der Waals surface area contributed by atoms with E-state index in [4.69, 9.17) is 4.74 Å². The number of rotatable bonds is 5. The summed E-state index contributed by atoms with van der Waals surface area (Å²) >= 11 is 0. The molecule has 1 saturated heterocycles. The fourth-order valence-corrected chi connectivity index (χ4v) is 3.94. The van der Waals surface area contributed by atoms with Crippen molar-refractivity contribution < 1.29 is 29.3 Å². The number of ketones is 1. The molecule has 1 aliphatic rings. The second-order valence-electron chi connectivity index (χ2n) is 7.69. The molecule has 0 spiro atoms. The Morgan fingerprint density at radius 3 is 2.29 bits per heavy atom. The SMILES string of the molecule is COc1cc(C2/C(=C(\O)c3ccccc3)C(=O)C(=O)N2c2ccc(NC(C)=O)cc2)ccc1O. The molecule has 2 amide bonds. The van der Waals surface area contributed by atoms with Gasteiger partial charge in [0.1, 0.15) is 5.76 Å². The van der Waals surface area contributed by atoms with Gasteiger partial charge in [0.25, 0.3) is 11.7 Å². The first kappa shape index (κ1) is 22.6. The molecule has 4 rings (SSSR count). The van der Waals surface area contributed by atoms with Crippen molar-refractivity contribution in [2.45, 2.75) is 13.0 Å². The van der Waals surface area contributed by atoms with Crippen molar-refractivity contribution >= 4 is 34.7 Å². The van der Waals surface area contributed by atoms with Gasteiger partial charge in [-0.3, -0.25) is 19.3 Å². The first-order valence-corrected chi connectivity index (χ1v) is 10.4. The van der Waals surface area contributed by atoms with E-state index in [1.807, 2.05) is 0 Å². The lowest BCUT2D eigenvalue weighted by molar-refractivity contribution is -0.132. The number of phenolic OH excluding ortho intramolecular Hbond substituents is 1. The molecule has 3 aromatic rings. The van der Waals surface area contributed by atoms with Crippen LogP contribution in [0, 0.1) is 0 Å². The summed E-state index contributed by atoms with van der Waals surface area (Å²) in [7, 11) is 1.39. The fraction of sp³-hybridized carbons (Fsp3) is 0.115. The Morgan fingerprint density at radius 1 is 1.00 bits per heavy atom. The Kier molecular flexibility index (Phi) is 6.05. The van der Waals surface area contributed by atoms with Gasteiger partial charge >= 0.3 is 0 Å².